The average molecular weight is 370 g/mol. The fourth-order valence-corrected chi connectivity index (χ4v) is 4.12. The molecule has 2 aliphatic rings. The second-order valence-corrected chi connectivity index (χ2v) is 7.60. The Hall–Kier alpha value is -2.68. The van der Waals surface area contributed by atoms with Gasteiger partial charge in [-0.05, 0) is 38.5 Å². The van der Waals surface area contributed by atoms with E-state index in [1.54, 1.807) is 0 Å². The molecule has 9 nitrogen and oxygen atoms in total. The highest BCUT2D eigenvalue weighted by Gasteiger charge is 2.31. The number of primary amides is 1. The Morgan fingerprint density at radius 1 is 1.22 bits per heavy atom. The van der Waals surface area contributed by atoms with Crippen molar-refractivity contribution in [3.63, 3.8) is 0 Å². The molecular formula is C18H26N8O. The van der Waals surface area contributed by atoms with Crippen LogP contribution in [0.5, 0.6) is 0 Å². The van der Waals surface area contributed by atoms with Crippen LogP contribution < -0.4 is 21.7 Å². The topological polar surface area (TPSA) is 134 Å². The molecule has 2 fully saturated rings. The van der Waals surface area contributed by atoms with Crippen LogP contribution in [-0.2, 0) is 0 Å². The molecule has 2 bridgehead atoms. The summed E-state index contributed by atoms with van der Waals surface area (Å²) in [4.78, 5) is 20.4. The van der Waals surface area contributed by atoms with Crippen LogP contribution in [0, 0.1) is 12.8 Å². The zero-order valence-corrected chi connectivity index (χ0v) is 15.5. The first-order chi connectivity index (χ1) is 13.0. The Bertz CT molecular complexity index is 807. The fourth-order valence-electron chi connectivity index (χ4n) is 4.12. The summed E-state index contributed by atoms with van der Waals surface area (Å²) < 4.78 is 0. The zero-order valence-electron chi connectivity index (χ0n) is 15.5. The van der Waals surface area contributed by atoms with Gasteiger partial charge >= 0.3 is 0 Å². The summed E-state index contributed by atoms with van der Waals surface area (Å²) in [7, 11) is 0. The van der Waals surface area contributed by atoms with Crippen molar-refractivity contribution < 1.29 is 4.79 Å². The molecule has 2 aromatic rings. The number of carbonyl (C=O) groups excluding carboxylic acids is 1. The standard InChI is InChI=1S/C18H26N8O/c1-10-5-16(26-25-10)23-15-8-14(17(19)27)22-18(24-15)20-9-11-6-12-3-2-4-13(7-11)21-12/h5,8,11-13,21H,2-4,6-7,9H2,1H3,(H2,19,27)(H3,20,22,23,24,25,26). The summed E-state index contributed by atoms with van der Waals surface area (Å²) in [6.45, 7) is 2.70. The molecule has 2 unspecified atom stereocenters. The maximum atomic E-state index is 11.6. The molecule has 2 saturated heterocycles. The minimum absolute atomic E-state index is 0.171. The largest absolute Gasteiger partial charge is 0.364 e. The van der Waals surface area contributed by atoms with Gasteiger partial charge in [-0.2, -0.15) is 10.1 Å². The van der Waals surface area contributed by atoms with Crippen LogP contribution in [0.15, 0.2) is 12.1 Å². The van der Waals surface area contributed by atoms with Crippen molar-refractivity contribution in [1.82, 2.24) is 25.5 Å². The number of H-pyrrole nitrogens is 1. The smallest absolute Gasteiger partial charge is 0.267 e. The van der Waals surface area contributed by atoms with E-state index in [0.717, 1.165) is 25.1 Å². The van der Waals surface area contributed by atoms with Gasteiger partial charge in [0.25, 0.3) is 5.91 Å². The van der Waals surface area contributed by atoms with E-state index in [-0.39, 0.29) is 5.69 Å². The first-order valence-corrected chi connectivity index (χ1v) is 9.53. The van der Waals surface area contributed by atoms with Crippen LogP contribution >= 0.6 is 0 Å². The molecule has 0 aromatic carbocycles. The summed E-state index contributed by atoms with van der Waals surface area (Å²) >= 11 is 0. The molecule has 0 radical (unpaired) electrons. The number of hydrogen-bond acceptors (Lipinski definition) is 7. The molecule has 2 aliphatic heterocycles. The number of aromatic amines is 1. The average Bonchev–Trinajstić information content (AvgIpc) is 3.04. The predicted octanol–water partition coefficient (Wildman–Crippen LogP) is 1.68. The zero-order chi connectivity index (χ0) is 18.8. The number of piperidine rings is 2. The van der Waals surface area contributed by atoms with E-state index < -0.39 is 5.91 Å². The number of hydrogen-bond donors (Lipinski definition) is 5. The van der Waals surface area contributed by atoms with Gasteiger partial charge in [-0.1, -0.05) is 6.42 Å². The summed E-state index contributed by atoms with van der Waals surface area (Å²) in [5.41, 5.74) is 6.53. The van der Waals surface area contributed by atoms with E-state index in [2.05, 4.69) is 36.1 Å². The quantitative estimate of drug-likeness (QED) is 0.522. The van der Waals surface area contributed by atoms with E-state index in [4.69, 9.17) is 5.73 Å². The second kappa shape index (κ2) is 7.51. The van der Waals surface area contributed by atoms with Crippen LogP contribution in [0.3, 0.4) is 0 Å². The third-order valence-electron chi connectivity index (χ3n) is 5.30. The highest BCUT2D eigenvalue weighted by atomic mass is 16.1. The minimum atomic E-state index is -0.585. The second-order valence-electron chi connectivity index (χ2n) is 7.60. The Balaban J connectivity index is 1.45. The van der Waals surface area contributed by atoms with Crippen molar-refractivity contribution in [2.75, 3.05) is 17.2 Å². The van der Waals surface area contributed by atoms with Crippen molar-refractivity contribution in [2.24, 2.45) is 11.7 Å². The maximum Gasteiger partial charge on any atom is 0.267 e. The van der Waals surface area contributed by atoms with Crippen LogP contribution in [0.25, 0.3) is 0 Å². The number of nitrogens with two attached hydrogens (primary N) is 1. The van der Waals surface area contributed by atoms with Crippen molar-refractivity contribution in [3.8, 4) is 0 Å². The summed E-state index contributed by atoms with van der Waals surface area (Å²) in [6, 6.07) is 4.64. The summed E-state index contributed by atoms with van der Waals surface area (Å²) in [5, 5.41) is 17.1. The van der Waals surface area contributed by atoms with Gasteiger partial charge in [0, 0.05) is 36.5 Å². The first-order valence-electron chi connectivity index (χ1n) is 9.53. The normalized spacial score (nSPS) is 24.4. The maximum absolute atomic E-state index is 11.6. The highest BCUT2D eigenvalue weighted by Crippen LogP contribution is 2.29. The molecule has 9 heteroatoms. The number of nitrogens with zero attached hydrogens (tertiary/aromatic N) is 3. The number of carbonyl (C=O) groups is 1. The Labute approximate surface area is 157 Å². The summed E-state index contributed by atoms with van der Waals surface area (Å²) in [5.74, 6) is 1.50. The lowest BCUT2D eigenvalue weighted by Gasteiger charge is -2.40. The molecule has 6 N–H and O–H groups in total. The van der Waals surface area contributed by atoms with Gasteiger partial charge < -0.3 is 21.7 Å². The van der Waals surface area contributed by atoms with Crippen LogP contribution in [0.1, 0.15) is 48.3 Å². The molecule has 0 saturated carbocycles. The third-order valence-corrected chi connectivity index (χ3v) is 5.30. The van der Waals surface area contributed by atoms with Crippen molar-refractivity contribution in [1.29, 1.82) is 0 Å². The Morgan fingerprint density at radius 2 is 2.00 bits per heavy atom. The van der Waals surface area contributed by atoms with Gasteiger partial charge in [0.05, 0.1) is 0 Å². The van der Waals surface area contributed by atoms with Gasteiger partial charge in [-0.25, -0.2) is 4.98 Å². The Morgan fingerprint density at radius 3 is 2.67 bits per heavy atom. The van der Waals surface area contributed by atoms with Crippen molar-refractivity contribution >= 4 is 23.5 Å². The number of aryl methyl sites for hydroxylation is 1. The lowest BCUT2D eigenvalue weighted by Crippen LogP contribution is -2.49. The molecule has 0 aliphatic carbocycles. The molecule has 2 aromatic heterocycles. The van der Waals surface area contributed by atoms with Crippen molar-refractivity contribution in [2.45, 2.75) is 51.1 Å². The van der Waals surface area contributed by atoms with Crippen molar-refractivity contribution in [3.05, 3.63) is 23.5 Å². The lowest BCUT2D eigenvalue weighted by atomic mass is 9.80. The van der Waals surface area contributed by atoms with Crippen LogP contribution in [0.2, 0.25) is 0 Å². The third kappa shape index (κ3) is 4.36. The van der Waals surface area contributed by atoms with Crippen LogP contribution in [0.4, 0.5) is 17.6 Å². The van der Waals surface area contributed by atoms with E-state index in [1.807, 2.05) is 13.0 Å². The number of rotatable bonds is 6. The van der Waals surface area contributed by atoms with E-state index in [0.29, 0.717) is 35.6 Å². The minimum Gasteiger partial charge on any atom is -0.364 e. The molecule has 0 spiro atoms. The monoisotopic (exact) mass is 370 g/mol. The number of amides is 1. The lowest BCUT2D eigenvalue weighted by molar-refractivity contribution is 0.0995. The first kappa shape index (κ1) is 17.7. The van der Waals surface area contributed by atoms with E-state index in [9.17, 15) is 4.79 Å². The van der Waals surface area contributed by atoms with Crippen LogP contribution in [-0.4, -0.2) is 44.7 Å². The SMILES string of the molecule is Cc1cc(Nc2cc(C(N)=O)nc(NCC3CC4CCCC(C3)N4)n2)n[nH]1. The number of anilines is 3. The molecule has 1 amide bonds. The molecule has 2 atom stereocenters. The van der Waals surface area contributed by atoms with Gasteiger partial charge in [0.15, 0.2) is 5.82 Å². The van der Waals surface area contributed by atoms with Gasteiger partial charge in [0.2, 0.25) is 5.95 Å². The molecule has 144 valence electrons. The molecule has 4 heterocycles. The van der Waals surface area contributed by atoms with E-state index in [1.165, 1.54) is 25.3 Å². The number of nitrogens with one attached hydrogen (secondary N) is 4. The van der Waals surface area contributed by atoms with Gasteiger partial charge in [-0.15, -0.1) is 0 Å². The number of aromatic nitrogens is 4. The Kier molecular flexibility index (Phi) is 4.93. The molecule has 4 rings (SSSR count). The molecule has 27 heavy (non-hydrogen) atoms. The fraction of sp³-hybridized carbons (Fsp3) is 0.556. The van der Waals surface area contributed by atoms with Gasteiger partial charge in [-0.3, -0.25) is 9.89 Å². The predicted molar refractivity (Wildman–Crippen MR) is 103 cm³/mol. The highest BCUT2D eigenvalue weighted by molar-refractivity contribution is 5.92. The summed E-state index contributed by atoms with van der Waals surface area (Å²) in [6.07, 6.45) is 6.18. The van der Waals surface area contributed by atoms with E-state index >= 15 is 0 Å². The number of fused-ring (bicyclic) bond motifs is 2. The van der Waals surface area contributed by atoms with Gasteiger partial charge in [0.1, 0.15) is 11.5 Å². The molecular weight excluding hydrogens is 344 g/mol.